The minimum atomic E-state index is -2.28. The van der Waals surface area contributed by atoms with E-state index in [-0.39, 0.29) is 0 Å². The zero-order valence-electron chi connectivity index (χ0n) is 57.7. The van der Waals surface area contributed by atoms with Crippen molar-refractivity contribution in [3.05, 3.63) is 273 Å². The molecule has 0 radical (unpaired) electrons. The van der Waals surface area contributed by atoms with Gasteiger partial charge < -0.3 is 17.6 Å². The quantitative estimate of drug-likeness (QED) is 0.142. The predicted molar refractivity (Wildman–Crippen MR) is 384 cm³/mol. The third kappa shape index (κ3) is 8.35. The monoisotopic (exact) mass is 1370 g/mol. The Kier molecular flexibility index (Phi) is 11.5. The van der Waals surface area contributed by atoms with Crippen molar-refractivity contribution >= 4 is 94.0 Å². The molecule has 0 atom stereocenters. The molecule has 21 aromatic rings. The molecular formula is C78H56N23OS+5. The molecule has 25 heterocycles. The number of pyridine rings is 5. The fourth-order valence-corrected chi connectivity index (χ4v) is 17.1. The van der Waals surface area contributed by atoms with Gasteiger partial charge in [0.15, 0.2) is 45.0 Å². The first-order valence-electron chi connectivity index (χ1n) is 35.1. The summed E-state index contributed by atoms with van der Waals surface area (Å²) in [6.45, 7) is 1.46. The maximum Gasteiger partial charge on any atom is 0.384 e. The molecule has 0 aliphatic carbocycles. The van der Waals surface area contributed by atoms with Crippen molar-refractivity contribution in [2.75, 3.05) is 0 Å². The number of thiazole rings is 1. The van der Waals surface area contributed by atoms with Gasteiger partial charge in [-0.15, -0.1) is 4.57 Å². The molecule has 0 amide bonds. The number of rotatable bonds is 1. The van der Waals surface area contributed by atoms with E-state index in [1.807, 2.05) is 189 Å². The van der Waals surface area contributed by atoms with Crippen LogP contribution in [0.4, 0.5) is 0 Å². The van der Waals surface area contributed by atoms with E-state index in [4.69, 9.17) is 8.53 Å². The van der Waals surface area contributed by atoms with Gasteiger partial charge in [-0.1, -0.05) is 39.1 Å². The first-order chi connectivity index (χ1) is 52.1. The Morgan fingerprint density at radius 3 is 1.45 bits per heavy atom. The van der Waals surface area contributed by atoms with Crippen LogP contribution in [0, 0.1) is 0 Å². The lowest BCUT2D eigenvalue weighted by molar-refractivity contribution is -0.649. The van der Waals surface area contributed by atoms with Crippen LogP contribution in [0.2, 0.25) is 0 Å². The molecule has 0 saturated carbocycles. The smallest absolute Gasteiger partial charge is 0.384 e. The summed E-state index contributed by atoms with van der Waals surface area (Å²) in [6, 6.07) is 44.6. The second-order valence-corrected chi connectivity index (χ2v) is 26.8. The van der Waals surface area contributed by atoms with Crippen LogP contribution in [0.25, 0.3) is 145 Å². The van der Waals surface area contributed by atoms with E-state index in [2.05, 4.69) is 160 Å². The van der Waals surface area contributed by atoms with Crippen molar-refractivity contribution in [3.8, 4) is 61.9 Å². The van der Waals surface area contributed by atoms with Gasteiger partial charge in [-0.25, -0.2) is 47.3 Å². The maximum absolute atomic E-state index is 7.99. The molecule has 26 rings (SSSR count). The van der Waals surface area contributed by atoms with Crippen LogP contribution in [0.1, 0.15) is 32.6 Å². The van der Waals surface area contributed by atoms with Crippen molar-refractivity contribution in [1.29, 1.82) is 0 Å². The second kappa shape index (κ2) is 21.8. The van der Waals surface area contributed by atoms with Gasteiger partial charge in [-0.2, -0.15) is 4.57 Å². The van der Waals surface area contributed by atoms with Crippen LogP contribution in [0.5, 0.6) is 0 Å². The summed E-state index contributed by atoms with van der Waals surface area (Å²) >= 11 is 1.82. The molecule has 25 heteroatoms. The normalized spacial score (nSPS) is 13.5. The van der Waals surface area contributed by atoms with Gasteiger partial charge in [-0.3, -0.25) is 29.3 Å². The van der Waals surface area contributed by atoms with Gasteiger partial charge in [0.05, 0.1) is 94.1 Å². The number of fused-ring (bicyclic) bond motifs is 35. The van der Waals surface area contributed by atoms with E-state index in [0.717, 1.165) is 133 Å². The number of imidazole rings is 3. The Labute approximate surface area is 590 Å². The third-order valence-electron chi connectivity index (χ3n) is 20.2. The van der Waals surface area contributed by atoms with Gasteiger partial charge in [0.1, 0.15) is 47.8 Å². The summed E-state index contributed by atoms with van der Waals surface area (Å²) in [5.41, 5.74) is 26.1. The van der Waals surface area contributed by atoms with Crippen LogP contribution in [-0.4, -0.2) is 85.8 Å². The van der Waals surface area contributed by atoms with Gasteiger partial charge in [0, 0.05) is 86.6 Å². The molecule has 0 bridgehead atoms. The van der Waals surface area contributed by atoms with Crippen molar-refractivity contribution < 1.29 is 31.4 Å². The number of para-hydroxylation sites is 1. The largest absolute Gasteiger partial charge is 0.396 e. The minimum absolute atomic E-state index is 0.557. The van der Waals surface area contributed by atoms with E-state index < -0.39 is 6.98 Å². The molecular weight excluding hydrogens is 1310 g/mol. The summed E-state index contributed by atoms with van der Waals surface area (Å²) in [6.07, 6.45) is 34.2. The second-order valence-electron chi connectivity index (χ2n) is 25.8. The van der Waals surface area contributed by atoms with Crippen molar-refractivity contribution in [2.24, 2.45) is 14.0 Å². The topological polar surface area (TPSA) is 198 Å². The van der Waals surface area contributed by atoms with Crippen LogP contribution >= 0.6 is 11.3 Å². The van der Waals surface area contributed by atoms with Crippen LogP contribution in [-0.2, 0) is 46.7 Å². The first kappa shape index (κ1) is 54.1. The molecule has 0 N–H and O–H groups in total. The fourth-order valence-electron chi connectivity index (χ4n) is 15.9. The molecule has 5 aliphatic rings. The molecule has 0 spiro atoms. The van der Waals surface area contributed by atoms with Gasteiger partial charge >= 0.3 is 11.5 Å². The lowest BCUT2D eigenvalue weighted by Crippen LogP contribution is -2.32. The van der Waals surface area contributed by atoms with Gasteiger partial charge in [0.2, 0.25) is 33.3 Å². The van der Waals surface area contributed by atoms with Crippen LogP contribution in [0.15, 0.2) is 249 Å². The number of aryl methyl sites for hydroxylation is 2. The van der Waals surface area contributed by atoms with E-state index in [9.17, 15) is 0 Å². The zero-order chi connectivity index (χ0) is 70.2. The van der Waals surface area contributed by atoms with Gasteiger partial charge in [0.25, 0.3) is 23.0 Å². The molecule has 0 fully saturated rings. The summed E-state index contributed by atoms with van der Waals surface area (Å²) in [5.74, 6) is 3.94. The number of oxazole rings is 1. The number of benzene rings is 1. The van der Waals surface area contributed by atoms with Crippen molar-refractivity contribution in [2.45, 2.75) is 32.7 Å². The standard InChI is InChI=1S/C20H14N5.2C15H12N5.C14H9N4O.C14H9N4S/c1-2-6-14(7-3-1)25-17-13-23-11-5-10-22-19(23)18(17)24-12-16-15(20(24)25)8-4-9-21-16;2*1-18-12-9-19-7-3-6-17-14(19)13(12)20-8-11-10(15(18)20)4-2-5-16-11;1-3-9-10(15-4-1)7-18-12-11(19-14(9)18)8-17-6-2-5-16-13(12)17;1-3-9-7-12-13(18(9)16-6-1)17-8-11-10(14(17)19-12)4-2-5-15-11/h1-11,13H,12H2;2*2-7,9H,8H2,1H3;1-6,8H,7H2;1-7H,8H2/q5*+1/i;1D3;;;. The van der Waals surface area contributed by atoms with Crippen molar-refractivity contribution in [1.82, 2.24) is 85.8 Å². The Morgan fingerprint density at radius 1 is 0.408 bits per heavy atom. The highest BCUT2D eigenvalue weighted by Gasteiger charge is 2.41. The summed E-state index contributed by atoms with van der Waals surface area (Å²) in [5, 5.41) is 5.75. The molecule has 24 nitrogen and oxygen atoms in total. The molecule has 103 heavy (non-hydrogen) atoms. The Bertz CT molecular complexity index is 7090. The highest BCUT2D eigenvalue weighted by Crippen LogP contribution is 2.39. The predicted octanol–water partition coefficient (Wildman–Crippen LogP) is 10.1. The summed E-state index contributed by atoms with van der Waals surface area (Å²) in [7, 11) is 2.11. The average Bonchev–Trinajstić information content (AvgIpc) is 1.54. The molecule has 0 saturated heterocycles. The average molecular weight is 1370 g/mol. The zero-order valence-corrected chi connectivity index (χ0v) is 55.5. The molecule has 5 aliphatic heterocycles. The van der Waals surface area contributed by atoms with Crippen LogP contribution < -0.4 is 22.8 Å². The lowest BCUT2D eigenvalue weighted by atomic mass is 10.2. The highest BCUT2D eigenvalue weighted by molar-refractivity contribution is 7.21. The SMILES string of the molecule is Cn1c2[n+](c3c1cn1cccnc31)Cc1ncccc1-2.[2H]C([2H])([2H])n1c2[n+](c3c1cn1cccnc31)Cc1ncccc1-2.c1ccc(-n2c3[n+](c4c2cn2cccnc42)Cc2ncccc2-3)cc1.c1cnc2c(c1)-c1oc3cn4cccnc4c3[n+]1C2.c1cnc2c(c1)-c1sc3cc4cccnn4c3[n+]1C2. The van der Waals surface area contributed by atoms with E-state index in [0.29, 0.717) is 17.9 Å². The molecule has 490 valence electrons. The van der Waals surface area contributed by atoms with E-state index in [1.54, 1.807) is 18.6 Å². The first-order valence-corrected chi connectivity index (χ1v) is 34.4. The third-order valence-corrected chi connectivity index (χ3v) is 21.4. The Morgan fingerprint density at radius 2 is 0.854 bits per heavy atom. The van der Waals surface area contributed by atoms with Gasteiger partial charge in [-0.05, 0) is 109 Å². The van der Waals surface area contributed by atoms with E-state index in [1.165, 1.54) is 59.3 Å². The highest BCUT2D eigenvalue weighted by atomic mass is 32.1. The Balaban J connectivity index is 0.0000000830. The summed E-state index contributed by atoms with van der Waals surface area (Å²) < 4.78 is 58.3. The molecule has 20 aromatic heterocycles. The summed E-state index contributed by atoms with van der Waals surface area (Å²) in [4.78, 5) is 40.4. The minimum Gasteiger partial charge on any atom is -0.396 e. The molecule has 1 aromatic carbocycles. The fraction of sp³-hybridized carbons (Fsp3) is 0.0897. The van der Waals surface area contributed by atoms with Crippen molar-refractivity contribution in [3.63, 3.8) is 0 Å². The number of hydrogen-bond acceptors (Lipinski definition) is 12. The number of aromatic nitrogens is 23. The number of hydrogen-bond donors (Lipinski definition) is 0. The van der Waals surface area contributed by atoms with Crippen LogP contribution in [0.3, 0.4) is 0 Å². The Hall–Kier alpha value is -13.8. The maximum atomic E-state index is 7.99. The van der Waals surface area contributed by atoms with E-state index >= 15 is 0 Å². The number of nitrogens with zero attached hydrogens (tertiary/aromatic N) is 23. The lowest BCUT2D eigenvalue weighted by Gasteiger charge is -2.00. The molecule has 0 unspecified atom stereocenters.